The molecule has 0 saturated carbocycles. The van der Waals surface area contributed by atoms with Gasteiger partial charge in [0.05, 0.1) is 20.1 Å². The summed E-state index contributed by atoms with van der Waals surface area (Å²) in [6, 6.07) is 12.8. The van der Waals surface area contributed by atoms with E-state index in [0.717, 1.165) is 11.1 Å². The van der Waals surface area contributed by atoms with Crippen LogP contribution in [0.3, 0.4) is 0 Å². The van der Waals surface area contributed by atoms with Crippen LogP contribution in [0.4, 0.5) is 0 Å². The standard InChI is InChI=1S/C20H23NO5/c1-25-18-6-4-3-5-14(18)15-11-21(12-16(15)20(23)24)10-13-7-8-19(26-2)17(22)9-13/h3-9,15-16,22H,10-12H2,1-2H3,(H,23,24). The first kappa shape index (κ1) is 18.1. The lowest BCUT2D eigenvalue weighted by molar-refractivity contribution is -0.141. The molecule has 0 bridgehead atoms. The number of rotatable bonds is 6. The Hall–Kier alpha value is -2.73. The Morgan fingerprint density at radius 1 is 1.12 bits per heavy atom. The highest BCUT2D eigenvalue weighted by atomic mass is 16.5. The van der Waals surface area contributed by atoms with Crippen LogP contribution in [0.5, 0.6) is 17.2 Å². The monoisotopic (exact) mass is 357 g/mol. The van der Waals surface area contributed by atoms with Crippen molar-refractivity contribution in [3.05, 3.63) is 53.6 Å². The third-order valence-electron chi connectivity index (χ3n) is 4.90. The maximum Gasteiger partial charge on any atom is 0.308 e. The molecule has 1 fully saturated rings. The average molecular weight is 357 g/mol. The minimum absolute atomic E-state index is 0.0836. The van der Waals surface area contributed by atoms with Gasteiger partial charge >= 0.3 is 5.97 Å². The van der Waals surface area contributed by atoms with E-state index in [1.54, 1.807) is 19.2 Å². The molecule has 2 atom stereocenters. The van der Waals surface area contributed by atoms with Crippen molar-refractivity contribution in [3.63, 3.8) is 0 Å². The lowest BCUT2D eigenvalue weighted by Crippen LogP contribution is -2.23. The predicted octanol–water partition coefficient (Wildman–Crippen LogP) is 2.71. The summed E-state index contributed by atoms with van der Waals surface area (Å²) in [6.07, 6.45) is 0. The number of para-hydroxylation sites is 1. The Morgan fingerprint density at radius 2 is 1.85 bits per heavy atom. The minimum atomic E-state index is -0.805. The summed E-state index contributed by atoms with van der Waals surface area (Å²) in [5.74, 6) is -0.229. The number of phenolic OH excluding ortho intramolecular Hbond substituents is 1. The highest BCUT2D eigenvalue weighted by Gasteiger charge is 2.39. The van der Waals surface area contributed by atoms with E-state index in [0.29, 0.717) is 31.1 Å². The Bertz CT molecular complexity index is 792. The Labute approximate surface area is 152 Å². The van der Waals surface area contributed by atoms with Gasteiger partial charge in [-0.1, -0.05) is 24.3 Å². The quantitative estimate of drug-likeness (QED) is 0.828. The van der Waals surface area contributed by atoms with Crippen molar-refractivity contribution in [1.29, 1.82) is 0 Å². The van der Waals surface area contributed by atoms with Gasteiger partial charge in [-0.05, 0) is 29.3 Å². The van der Waals surface area contributed by atoms with E-state index in [2.05, 4.69) is 4.90 Å². The zero-order valence-electron chi connectivity index (χ0n) is 14.9. The highest BCUT2D eigenvalue weighted by molar-refractivity contribution is 5.72. The summed E-state index contributed by atoms with van der Waals surface area (Å²) in [5, 5.41) is 19.6. The second kappa shape index (κ2) is 7.66. The van der Waals surface area contributed by atoms with Crippen molar-refractivity contribution in [2.75, 3.05) is 27.3 Å². The van der Waals surface area contributed by atoms with Crippen molar-refractivity contribution in [3.8, 4) is 17.2 Å². The fraction of sp³-hybridized carbons (Fsp3) is 0.350. The Kier molecular flexibility index (Phi) is 5.32. The molecule has 0 amide bonds. The number of likely N-dealkylation sites (tertiary alicyclic amines) is 1. The maximum absolute atomic E-state index is 11.8. The van der Waals surface area contributed by atoms with E-state index in [4.69, 9.17) is 9.47 Å². The molecule has 2 aromatic rings. The van der Waals surface area contributed by atoms with E-state index in [1.807, 2.05) is 30.3 Å². The predicted molar refractivity (Wildman–Crippen MR) is 96.8 cm³/mol. The lowest BCUT2D eigenvalue weighted by Gasteiger charge is -2.18. The SMILES string of the molecule is COc1ccc(CN2CC(C(=O)O)C(c3ccccc3OC)C2)cc1O. The van der Waals surface area contributed by atoms with Gasteiger partial charge < -0.3 is 19.7 Å². The summed E-state index contributed by atoms with van der Waals surface area (Å²) in [6.45, 7) is 1.63. The molecule has 0 aliphatic carbocycles. The van der Waals surface area contributed by atoms with Crippen LogP contribution in [0.15, 0.2) is 42.5 Å². The summed E-state index contributed by atoms with van der Waals surface area (Å²) in [7, 11) is 3.10. The largest absolute Gasteiger partial charge is 0.504 e. The van der Waals surface area contributed by atoms with E-state index in [-0.39, 0.29) is 11.7 Å². The smallest absolute Gasteiger partial charge is 0.308 e. The number of carbonyl (C=O) groups is 1. The van der Waals surface area contributed by atoms with Gasteiger partial charge in [-0.15, -0.1) is 0 Å². The average Bonchev–Trinajstić information content (AvgIpc) is 3.06. The van der Waals surface area contributed by atoms with Gasteiger partial charge in [0.25, 0.3) is 0 Å². The number of carboxylic acid groups (broad SMARTS) is 1. The third kappa shape index (κ3) is 3.60. The number of ether oxygens (including phenoxy) is 2. The lowest BCUT2D eigenvalue weighted by atomic mass is 9.88. The summed E-state index contributed by atoms with van der Waals surface area (Å²) < 4.78 is 10.5. The van der Waals surface area contributed by atoms with E-state index in [1.165, 1.54) is 7.11 Å². The van der Waals surface area contributed by atoms with E-state index >= 15 is 0 Å². The number of nitrogens with zero attached hydrogens (tertiary/aromatic N) is 1. The van der Waals surface area contributed by atoms with Crippen molar-refractivity contribution < 1.29 is 24.5 Å². The molecule has 0 aromatic heterocycles. The molecule has 1 aliphatic rings. The van der Waals surface area contributed by atoms with E-state index in [9.17, 15) is 15.0 Å². The second-order valence-corrected chi connectivity index (χ2v) is 6.49. The molecule has 0 spiro atoms. The topological polar surface area (TPSA) is 79.2 Å². The molecular weight excluding hydrogens is 334 g/mol. The van der Waals surface area contributed by atoms with Crippen LogP contribution in [0.2, 0.25) is 0 Å². The zero-order valence-corrected chi connectivity index (χ0v) is 14.9. The zero-order chi connectivity index (χ0) is 18.7. The van der Waals surface area contributed by atoms with Crippen LogP contribution in [-0.2, 0) is 11.3 Å². The second-order valence-electron chi connectivity index (χ2n) is 6.49. The van der Waals surface area contributed by atoms with Crippen LogP contribution in [0.1, 0.15) is 17.0 Å². The van der Waals surface area contributed by atoms with Gasteiger partial charge in [0.15, 0.2) is 11.5 Å². The normalized spacial score (nSPS) is 20.1. The number of methoxy groups -OCH3 is 2. The Morgan fingerprint density at radius 3 is 2.50 bits per heavy atom. The fourth-order valence-corrected chi connectivity index (χ4v) is 3.64. The molecule has 6 nitrogen and oxygen atoms in total. The van der Waals surface area contributed by atoms with Crippen LogP contribution in [0, 0.1) is 5.92 Å². The van der Waals surface area contributed by atoms with Gasteiger partial charge in [0.2, 0.25) is 0 Å². The number of aliphatic carboxylic acids is 1. The van der Waals surface area contributed by atoms with Gasteiger partial charge in [0, 0.05) is 25.6 Å². The first-order valence-electron chi connectivity index (χ1n) is 8.47. The molecule has 6 heteroatoms. The van der Waals surface area contributed by atoms with Crippen LogP contribution >= 0.6 is 0 Å². The van der Waals surface area contributed by atoms with Crippen molar-refractivity contribution in [2.24, 2.45) is 5.92 Å². The molecule has 2 N–H and O–H groups in total. The molecule has 1 heterocycles. The van der Waals surface area contributed by atoms with Crippen molar-refractivity contribution >= 4 is 5.97 Å². The van der Waals surface area contributed by atoms with Crippen LogP contribution in [-0.4, -0.2) is 48.4 Å². The first-order valence-corrected chi connectivity index (χ1v) is 8.47. The number of hydrogen-bond donors (Lipinski definition) is 2. The number of hydrogen-bond acceptors (Lipinski definition) is 5. The van der Waals surface area contributed by atoms with Crippen LogP contribution < -0.4 is 9.47 Å². The maximum atomic E-state index is 11.8. The highest BCUT2D eigenvalue weighted by Crippen LogP contribution is 2.38. The molecule has 3 rings (SSSR count). The number of phenols is 1. The van der Waals surface area contributed by atoms with Crippen molar-refractivity contribution in [1.82, 2.24) is 4.90 Å². The molecule has 1 aliphatic heterocycles. The number of benzene rings is 2. The molecular formula is C20H23NO5. The molecule has 0 radical (unpaired) electrons. The molecule has 2 unspecified atom stereocenters. The van der Waals surface area contributed by atoms with Gasteiger partial charge in [-0.2, -0.15) is 0 Å². The Balaban J connectivity index is 1.81. The third-order valence-corrected chi connectivity index (χ3v) is 4.90. The van der Waals surface area contributed by atoms with Gasteiger partial charge in [-0.3, -0.25) is 9.69 Å². The summed E-state index contributed by atoms with van der Waals surface area (Å²) in [4.78, 5) is 13.9. The fourth-order valence-electron chi connectivity index (χ4n) is 3.64. The van der Waals surface area contributed by atoms with E-state index < -0.39 is 11.9 Å². The molecule has 1 saturated heterocycles. The van der Waals surface area contributed by atoms with Crippen molar-refractivity contribution in [2.45, 2.75) is 12.5 Å². The van der Waals surface area contributed by atoms with Crippen LogP contribution in [0.25, 0.3) is 0 Å². The first-order chi connectivity index (χ1) is 12.5. The number of carboxylic acids is 1. The minimum Gasteiger partial charge on any atom is -0.504 e. The van der Waals surface area contributed by atoms with Gasteiger partial charge in [-0.25, -0.2) is 0 Å². The summed E-state index contributed by atoms with van der Waals surface area (Å²) >= 11 is 0. The number of aromatic hydroxyl groups is 1. The molecule has 2 aromatic carbocycles. The molecule has 26 heavy (non-hydrogen) atoms. The van der Waals surface area contributed by atoms with Gasteiger partial charge in [0.1, 0.15) is 5.75 Å². The summed E-state index contributed by atoms with van der Waals surface area (Å²) in [5.41, 5.74) is 1.83. The molecule has 138 valence electrons.